The number of hydrogen-bond donors (Lipinski definition) is 2. The lowest BCUT2D eigenvalue weighted by Crippen LogP contribution is -2.34. The molecule has 1 aliphatic carbocycles. The molecule has 12 heavy (non-hydrogen) atoms. The first kappa shape index (κ1) is 7.77. The molecule has 1 aromatic carbocycles. The van der Waals surface area contributed by atoms with E-state index in [1.165, 1.54) is 0 Å². The van der Waals surface area contributed by atoms with Crippen molar-refractivity contribution in [1.29, 1.82) is 0 Å². The Hall–Kier alpha value is -0.860. The first-order valence-electron chi connectivity index (χ1n) is 4.20. The Kier molecular flexibility index (Phi) is 1.87. The third-order valence-corrected chi connectivity index (χ3v) is 2.42. The number of hydrogen-bond acceptors (Lipinski definition) is 2. The fraction of sp³-hybridized carbons (Fsp3) is 0.400. The van der Waals surface area contributed by atoms with Crippen LogP contribution in [0.3, 0.4) is 0 Å². The zero-order chi connectivity index (χ0) is 8.55. The molecular weight excluding hydrogens is 152 g/mol. The summed E-state index contributed by atoms with van der Waals surface area (Å²) in [7, 11) is 0. The molecule has 0 radical (unpaired) electrons. The second-order valence-corrected chi connectivity index (χ2v) is 3.31. The van der Waals surface area contributed by atoms with Gasteiger partial charge in [0.15, 0.2) is 0 Å². The summed E-state index contributed by atoms with van der Waals surface area (Å²) in [5, 5.41) is 18.7. The van der Waals surface area contributed by atoms with Crippen molar-refractivity contribution in [3.05, 3.63) is 35.4 Å². The first-order chi connectivity index (χ1) is 5.77. The minimum atomic E-state index is -0.583. The number of benzene rings is 1. The lowest BCUT2D eigenvalue weighted by Gasteiger charge is -2.25. The molecule has 0 amide bonds. The second kappa shape index (κ2) is 2.88. The van der Waals surface area contributed by atoms with Gasteiger partial charge >= 0.3 is 0 Å². The summed E-state index contributed by atoms with van der Waals surface area (Å²) in [5.41, 5.74) is 2.32. The highest BCUT2D eigenvalue weighted by atomic mass is 16.3. The van der Waals surface area contributed by atoms with Crippen molar-refractivity contribution in [2.45, 2.75) is 25.0 Å². The van der Waals surface area contributed by atoms with Crippen molar-refractivity contribution in [3.8, 4) is 0 Å². The molecule has 2 N–H and O–H groups in total. The van der Waals surface area contributed by atoms with Crippen molar-refractivity contribution in [3.63, 3.8) is 0 Å². The second-order valence-electron chi connectivity index (χ2n) is 3.31. The van der Waals surface area contributed by atoms with Gasteiger partial charge in [0.1, 0.15) is 0 Å². The molecule has 2 nitrogen and oxygen atoms in total. The molecule has 2 rings (SSSR count). The van der Waals surface area contributed by atoms with E-state index < -0.39 is 12.2 Å². The van der Waals surface area contributed by atoms with Gasteiger partial charge in [-0.1, -0.05) is 24.3 Å². The van der Waals surface area contributed by atoms with Crippen LogP contribution in [0.25, 0.3) is 0 Å². The van der Waals surface area contributed by atoms with E-state index in [1.807, 2.05) is 24.3 Å². The standard InChI is InChI=1S/C10H12O2/c11-9-5-7-3-1-2-4-8(7)6-10(9)12/h1-4,9-12H,5-6H2/t9-,10?/m0/s1. The lowest BCUT2D eigenvalue weighted by molar-refractivity contribution is 0.0141. The number of fused-ring (bicyclic) bond motifs is 1. The summed E-state index contributed by atoms with van der Waals surface area (Å²) >= 11 is 0. The van der Waals surface area contributed by atoms with Crippen LogP contribution in [0, 0.1) is 0 Å². The normalized spacial score (nSPS) is 28.2. The van der Waals surface area contributed by atoms with Gasteiger partial charge in [0.25, 0.3) is 0 Å². The van der Waals surface area contributed by atoms with Gasteiger partial charge in [-0.3, -0.25) is 0 Å². The van der Waals surface area contributed by atoms with Crippen LogP contribution in [0.1, 0.15) is 11.1 Å². The predicted octanol–water partition coefficient (Wildman–Crippen LogP) is 0.507. The van der Waals surface area contributed by atoms with Crippen LogP contribution in [0.2, 0.25) is 0 Å². The molecule has 0 fully saturated rings. The predicted molar refractivity (Wildman–Crippen MR) is 45.9 cm³/mol. The molecule has 1 aliphatic rings. The molecule has 0 heterocycles. The van der Waals surface area contributed by atoms with Gasteiger partial charge in [0, 0.05) is 12.8 Å². The Balaban J connectivity index is 2.34. The Morgan fingerprint density at radius 1 is 0.917 bits per heavy atom. The molecule has 0 bridgehead atoms. The zero-order valence-corrected chi connectivity index (χ0v) is 6.77. The van der Waals surface area contributed by atoms with E-state index in [4.69, 9.17) is 0 Å². The van der Waals surface area contributed by atoms with Gasteiger partial charge in [0.05, 0.1) is 12.2 Å². The van der Waals surface area contributed by atoms with Crippen LogP contribution in [0.5, 0.6) is 0 Å². The van der Waals surface area contributed by atoms with Gasteiger partial charge in [0.2, 0.25) is 0 Å². The molecule has 0 spiro atoms. The third kappa shape index (κ3) is 1.24. The van der Waals surface area contributed by atoms with E-state index in [0.717, 1.165) is 11.1 Å². The molecule has 1 aromatic rings. The molecule has 0 saturated heterocycles. The average molecular weight is 164 g/mol. The van der Waals surface area contributed by atoms with Crippen LogP contribution in [-0.4, -0.2) is 22.4 Å². The first-order valence-corrected chi connectivity index (χ1v) is 4.20. The zero-order valence-electron chi connectivity index (χ0n) is 6.77. The third-order valence-electron chi connectivity index (χ3n) is 2.42. The molecule has 0 saturated carbocycles. The lowest BCUT2D eigenvalue weighted by atomic mass is 9.88. The monoisotopic (exact) mass is 164 g/mol. The molecule has 0 aliphatic heterocycles. The van der Waals surface area contributed by atoms with E-state index in [2.05, 4.69) is 0 Å². The van der Waals surface area contributed by atoms with E-state index in [-0.39, 0.29) is 0 Å². The van der Waals surface area contributed by atoms with E-state index in [1.54, 1.807) is 0 Å². The Morgan fingerprint density at radius 2 is 1.33 bits per heavy atom. The van der Waals surface area contributed by atoms with Gasteiger partial charge in [-0.15, -0.1) is 0 Å². The highest BCUT2D eigenvalue weighted by molar-refractivity contribution is 5.30. The van der Waals surface area contributed by atoms with E-state index in [9.17, 15) is 10.2 Å². The van der Waals surface area contributed by atoms with Gasteiger partial charge in [-0.2, -0.15) is 0 Å². The maximum absolute atomic E-state index is 9.37. The number of aliphatic hydroxyl groups excluding tert-OH is 2. The minimum absolute atomic E-state index is 0.581. The van der Waals surface area contributed by atoms with Crippen molar-refractivity contribution < 1.29 is 10.2 Å². The van der Waals surface area contributed by atoms with Crippen LogP contribution in [0.4, 0.5) is 0 Å². The summed E-state index contributed by atoms with van der Waals surface area (Å²) in [6.07, 6.45) is -0.00546. The van der Waals surface area contributed by atoms with E-state index >= 15 is 0 Å². The molecular formula is C10H12O2. The maximum atomic E-state index is 9.37. The SMILES string of the molecule is OC1Cc2ccccc2C[C@@H]1O. The summed E-state index contributed by atoms with van der Waals surface area (Å²) in [5.74, 6) is 0. The fourth-order valence-electron chi connectivity index (χ4n) is 1.68. The van der Waals surface area contributed by atoms with Gasteiger partial charge in [-0.25, -0.2) is 0 Å². The smallest absolute Gasteiger partial charge is 0.0842 e. The quantitative estimate of drug-likeness (QED) is 0.586. The van der Waals surface area contributed by atoms with Crippen molar-refractivity contribution in [2.75, 3.05) is 0 Å². The average Bonchev–Trinajstić information content (AvgIpc) is 2.07. The molecule has 1 unspecified atom stereocenters. The van der Waals surface area contributed by atoms with Crippen molar-refractivity contribution in [1.82, 2.24) is 0 Å². The summed E-state index contributed by atoms with van der Waals surface area (Å²) in [6.45, 7) is 0. The highest BCUT2D eigenvalue weighted by Crippen LogP contribution is 2.21. The Morgan fingerprint density at radius 3 is 1.75 bits per heavy atom. The number of rotatable bonds is 0. The Bertz CT molecular complexity index is 254. The fourth-order valence-corrected chi connectivity index (χ4v) is 1.68. The molecule has 2 heteroatoms. The van der Waals surface area contributed by atoms with Crippen LogP contribution in [-0.2, 0) is 12.8 Å². The summed E-state index contributed by atoms with van der Waals surface area (Å²) in [6, 6.07) is 7.93. The van der Waals surface area contributed by atoms with Crippen LogP contribution >= 0.6 is 0 Å². The highest BCUT2D eigenvalue weighted by Gasteiger charge is 2.23. The van der Waals surface area contributed by atoms with E-state index in [0.29, 0.717) is 12.8 Å². The minimum Gasteiger partial charge on any atom is -0.390 e. The maximum Gasteiger partial charge on any atom is 0.0842 e. The Labute approximate surface area is 71.5 Å². The van der Waals surface area contributed by atoms with Crippen LogP contribution in [0.15, 0.2) is 24.3 Å². The summed E-state index contributed by atoms with van der Waals surface area (Å²) in [4.78, 5) is 0. The van der Waals surface area contributed by atoms with Gasteiger partial charge < -0.3 is 10.2 Å². The topological polar surface area (TPSA) is 40.5 Å². The number of aliphatic hydroxyl groups is 2. The van der Waals surface area contributed by atoms with Crippen molar-refractivity contribution >= 4 is 0 Å². The largest absolute Gasteiger partial charge is 0.390 e. The molecule has 0 aromatic heterocycles. The van der Waals surface area contributed by atoms with Crippen molar-refractivity contribution in [2.24, 2.45) is 0 Å². The van der Waals surface area contributed by atoms with Crippen LogP contribution < -0.4 is 0 Å². The molecule has 2 atom stereocenters. The summed E-state index contributed by atoms with van der Waals surface area (Å²) < 4.78 is 0. The molecule has 64 valence electrons. The van der Waals surface area contributed by atoms with Gasteiger partial charge in [-0.05, 0) is 11.1 Å².